The number of hydrogen-bond acceptors (Lipinski definition) is 3. The van der Waals surface area contributed by atoms with Gasteiger partial charge < -0.3 is 10.5 Å². The molecule has 0 bridgehead atoms. The number of hydrogen-bond donors (Lipinski definition) is 1. The van der Waals surface area contributed by atoms with Gasteiger partial charge in [0.2, 0.25) is 0 Å². The lowest BCUT2D eigenvalue weighted by atomic mass is 9.75. The van der Waals surface area contributed by atoms with E-state index in [0.29, 0.717) is 15.8 Å². The van der Waals surface area contributed by atoms with Crippen molar-refractivity contribution in [2.45, 2.75) is 47.9 Å². The summed E-state index contributed by atoms with van der Waals surface area (Å²) in [4.78, 5) is 0.713. The minimum absolute atomic E-state index is 0.125. The first-order valence-electron chi connectivity index (χ1n) is 6.53. The van der Waals surface area contributed by atoms with Crippen LogP contribution in [0.25, 0.3) is 0 Å². The third-order valence-corrected chi connectivity index (χ3v) is 5.28. The number of rotatable bonds is 2. The van der Waals surface area contributed by atoms with E-state index in [9.17, 15) is 4.39 Å². The molecule has 1 atom stereocenters. The van der Waals surface area contributed by atoms with Crippen LogP contribution in [0.15, 0.2) is 23.1 Å². The van der Waals surface area contributed by atoms with Crippen LogP contribution in [0.5, 0.6) is 0 Å². The van der Waals surface area contributed by atoms with Crippen LogP contribution in [0.2, 0.25) is 0 Å². The molecule has 1 saturated carbocycles. The molecule has 1 spiro atoms. The maximum atomic E-state index is 13.8. The summed E-state index contributed by atoms with van der Waals surface area (Å²) in [5.74, 6) is -0.200. The predicted molar refractivity (Wildman–Crippen MR) is 72.2 cm³/mol. The van der Waals surface area contributed by atoms with Gasteiger partial charge in [-0.05, 0) is 50.3 Å². The first kappa shape index (κ1) is 12.3. The average Bonchev–Trinajstić information content (AvgIpc) is 2.31. The Hall–Kier alpha value is -0.740. The summed E-state index contributed by atoms with van der Waals surface area (Å²) in [5, 5.41) is 0.470. The highest BCUT2D eigenvalue weighted by Crippen LogP contribution is 2.46. The summed E-state index contributed by atoms with van der Waals surface area (Å²) in [6.45, 7) is 0.814. The molecule has 0 radical (unpaired) electrons. The molecule has 1 aliphatic heterocycles. The molecule has 4 heteroatoms. The Balaban J connectivity index is 1.68. The summed E-state index contributed by atoms with van der Waals surface area (Å²) in [6.07, 6.45) is 5.69. The number of ether oxygens (including phenoxy) is 1. The normalized spacial score (nSPS) is 25.9. The van der Waals surface area contributed by atoms with Gasteiger partial charge in [-0.15, -0.1) is 11.8 Å². The molecule has 98 valence electrons. The maximum absolute atomic E-state index is 13.8. The zero-order valence-electron chi connectivity index (χ0n) is 10.3. The molecule has 1 aromatic rings. The van der Waals surface area contributed by atoms with Crippen LogP contribution in [-0.4, -0.2) is 17.5 Å². The number of anilines is 1. The molecule has 2 N–H and O–H groups in total. The number of halogens is 1. The van der Waals surface area contributed by atoms with E-state index < -0.39 is 0 Å². The second kappa shape index (κ2) is 4.74. The van der Waals surface area contributed by atoms with Crippen LogP contribution >= 0.6 is 11.8 Å². The van der Waals surface area contributed by atoms with Gasteiger partial charge in [0.25, 0.3) is 0 Å². The van der Waals surface area contributed by atoms with E-state index in [0.717, 1.165) is 19.4 Å². The molecule has 18 heavy (non-hydrogen) atoms. The highest BCUT2D eigenvalue weighted by atomic mass is 32.2. The molecule has 1 saturated heterocycles. The van der Waals surface area contributed by atoms with Crippen molar-refractivity contribution in [1.29, 1.82) is 0 Å². The van der Waals surface area contributed by atoms with E-state index in [-0.39, 0.29) is 11.4 Å². The summed E-state index contributed by atoms with van der Waals surface area (Å²) >= 11 is 1.64. The summed E-state index contributed by atoms with van der Waals surface area (Å²) < 4.78 is 19.7. The van der Waals surface area contributed by atoms with Gasteiger partial charge in [-0.3, -0.25) is 0 Å². The SMILES string of the molecule is Nc1ccc(SC2CCOC3(CCC3)C2)c(F)c1. The van der Waals surface area contributed by atoms with Crippen molar-refractivity contribution in [2.75, 3.05) is 12.3 Å². The summed E-state index contributed by atoms with van der Waals surface area (Å²) in [6, 6.07) is 4.96. The molecular weight excluding hydrogens is 249 g/mol. The van der Waals surface area contributed by atoms with Crippen LogP contribution < -0.4 is 5.73 Å². The third kappa shape index (κ3) is 2.36. The fourth-order valence-electron chi connectivity index (χ4n) is 2.80. The van der Waals surface area contributed by atoms with Crippen molar-refractivity contribution in [3.05, 3.63) is 24.0 Å². The average molecular weight is 267 g/mol. The molecule has 0 aromatic heterocycles. The van der Waals surface area contributed by atoms with Gasteiger partial charge >= 0.3 is 0 Å². The van der Waals surface area contributed by atoms with Gasteiger partial charge in [-0.2, -0.15) is 0 Å². The van der Waals surface area contributed by atoms with Crippen molar-refractivity contribution in [3.63, 3.8) is 0 Å². The first-order chi connectivity index (χ1) is 8.67. The second-order valence-corrected chi connectivity index (χ2v) is 6.65. The lowest BCUT2D eigenvalue weighted by molar-refractivity contribution is -0.125. The number of nitrogens with two attached hydrogens (primary N) is 1. The van der Waals surface area contributed by atoms with Gasteiger partial charge in [-0.1, -0.05) is 0 Å². The Kier molecular flexibility index (Phi) is 3.24. The van der Waals surface area contributed by atoms with E-state index in [1.165, 1.54) is 25.3 Å². The van der Waals surface area contributed by atoms with E-state index >= 15 is 0 Å². The van der Waals surface area contributed by atoms with Crippen LogP contribution in [0.4, 0.5) is 10.1 Å². The van der Waals surface area contributed by atoms with Gasteiger partial charge in [0, 0.05) is 22.4 Å². The Labute approximate surface area is 111 Å². The van der Waals surface area contributed by atoms with Crippen molar-refractivity contribution >= 4 is 17.4 Å². The van der Waals surface area contributed by atoms with Crippen molar-refractivity contribution in [1.82, 2.24) is 0 Å². The molecule has 1 aliphatic carbocycles. The highest BCUT2D eigenvalue weighted by Gasteiger charge is 2.42. The van der Waals surface area contributed by atoms with Gasteiger partial charge in [0.05, 0.1) is 5.60 Å². The van der Waals surface area contributed by atoms with Gasteiger partial charge in [0.1, 0.15) is 5.82 Å². The zero-order valence-corrected chi connectivity index (χ0v) is 11.1. The highest BCUT2D eigenvalue weighted by molar-refractivity contribution is 8.00. The van der Waals surface area contributed by atoms with Gasteiger partial charge in [-0.25, -0.2) is 4.39 Å². The van der Waals surface area contributed by atoms with E-state index in [1.54, 1.807) is 23.9 Å². The minimum atomic E-state index is -0.200. The lowest BCUT2D eigenvalue weighted by Crippen LogP contribution is -2.46. The standard InChI is InChI=1S/C14H18FNOS/c15-12-8-10(16)2-3-13(12)18-11-4-7-17-14(9-11)5-1-6-14/h2-3,8,11H,1,4-7,9,16H2. The van der Waals surface area contributed by atoms with E-state index in [4.69, 9.17) is 10.5 Å². The lowest BCUT2D eigenvalue weighted by Gasteiger charge is -2.47. The predicted octanol–water partition coefficient (Wildman–Crippen LogP) is 3.60. The Morgan fingerprint density at radius 2 is 2.22 bits per heavy atom. The topological polar surface area (TPSA) is 35.2 Å². The van der Waals surface area contributed by atoms with Crippen molar-refractivity contribution < 1.29 is 9.13 Å². The fraction of sp³-hybridized carbons (Fsp3) is 0.571. The molecule has 2 fully saturated rings. The molecule has 1 heterocycles. The molecule has 3 rings (SSSR count). The largest absolute Gasteiger partial charge is 0.399 e. The smallest absolute Gasteiger partial charge is 0.138 e. The van der Waals surface area contributed by atoms with Crippen LogP contribution in [0.3, 0.4) is 0 Å². The Bertz CT molecular complexity index is 447. The second-order valence-electron chi connectivity index (χ2n) is 5.31. The van der Waals surface area contributed by atoms with E-state index in [2.05, 4.69) is 0 Å². The Morgan fingerprint density at radius 3 is 2.89 bits per heavy atom. The Morgan fingerprint density at radius 1 is 1.39 bits per heavy atom. The molecular formula is C14H18FNOS. The van der Waals surface area contributed by atoms with Crippen LogP contribution in [-0.2, 0) is 4.74 Å². The fourth-order valence-corrected chi connectivity index (χ4v) is 4.07. The molecule has 2 nitrogen and oxygen atoms in total. The van der Waals surface area contributed by atoms with Crippen LogP contribution in [0.1, 0.15) is 32.1 Å². The quantitative estimate of drug-likeness (QED) is 0.831. The summed E-state index contributed by atoms with van der Waals surface area (Å²) in [5.41, 5.74) is 6.18. The summed E-state index contributed by atoms with van der Waals surface area (Å²) in [7, 11) is 0. The molecule has 1 aromatic carbocycles. The molecule has 0 amide bonds. The van der Waals surface area contributed by atoms with Gasteiger partial charge in [0.15, 0.2) is 0 Å². The number of nitrogen functional groups attached to an aromatic ring is 1. The monoisotopic (exact) mass is 267 g/mol. The maximum Gasteiger partial charge on any atom is 0.138 e. The zero-order chi connectivity index (χ0) is 12.6. The van der Waals surface area contributed by atoms with Crippen molar-refractivity contribution in [3.8, 4) is 0 Å². The number of thioether (sulfide) groups is 1. The van der Waals surface area contributed by atoms with Crippen LogP contribution in [0, 0.1) is 5.82 Å². The number of benzene rings is 1. The molecule has 2 aliphatic rings. The minimum Gasteiger partial charge on any atom is -0.399 e. The molecule has 1 unspecified atom stereocenters. The first-order valence-corrected chi connectivity index (χ1v) is 7.41. The van der Waals surface area contributed by atoms with E-state index in [1.807, 2.05) is 0 Å². The third-order valence-electron chi connectivity index (χ3n) is 3.96. The van der Waals surface area contributed by atoms with Crippen molar-refractivity contribution in [2.24, 2.45) is 0 Å².